The minimum Gasteiger partial charge on any atom is -0.491 e. The predicted octanol–water partition coefficient (Wildman–Crippen LogP) is 7.23. The summed E-state index contributed by atoms with van der Waals surface area (Å²) in [5.74, 6) is -0.756. The molecular formula is C54H68O16. The Morgan fingerprint density at radius 1 is 0.243 bits per heavy atom. The van der Waals surface area contributed by atoms with E-state index in [0.29, 0.717) is 132 Å². The minimum absolute atomic E-state index is 0.401. The molecule has 0 aromatic heterocycles. The lowest BCUT2D eigenvalue weighted by molar-refractivity contribution is -0.369. The molecule has 4 saturated heterocycles. The third-order valence-electron chi connectivity index (χ3n) is 13.5. The van der Waals surface area contributed by atoms with E-state index in [9.17, 15) is 0 Å². The van der Waals surface area contributed by atoms with Crippen molar-refractivity contribution in [3.63, 3.8) is 0 Å². The van der Waals surface area contributed by atoms with Gasteiger partial charge in [0.2, 0.25) is 0 Å². The molecule has 17 aliphatic heterocycles. The SMILES string of the molecule is CC12OCC3(CO1)COC(C)(OC3)c1ccc(cc1)OCCOCCOCCOc1ccc(cc1)C1(C)OCC3(COC(C)(OC3)c3ccc(cc3)OCCOCCOCCOc3ccc2cc3)CO1. The van der Waals surface area contributed by atoms with Crippen LogP contribution in [-0.2, 0) is 80.0 Å². The predicted molar refractivity (Wildman–Crippen MR) is 253 cm³/mol. The van der Waals surface area contributed by atoms with Crippen molar-refractivity contribution < 1.29 is 75.8 Å². The van der Waals surface area contributed by atoms with Crippen LogP contribution < -0.4 is 18.9 Å². The smallest absolute Gasteiger partial charge is 0.191 e. The zero-order chi connectivity index (χ0) is 48.4. The summed E-state index contributed by atoms with van der Waals surface area (Å²) >= 11 is 0. The van der Waals surface area contributed by atoms with Crippen LogP contribution in [-0.4, -0.2) is 132 Å². The molecule has 4 aromatic carbocycles. The highest BCUT2D eigenvalue weighted by Gasteiger charge is 2.51. The first-order valence-corrected chi connectivity index (χ1v) is 24.3. The second-order valence-corrected chi connectivity index (χ2v) is 19.0. The number of hydrogen-bond acceptors (Lipinski definition) is 16. The van der Waals surface area contributed by atoms with E-state index in [1.54, 1.807) is 0 Å². The molecule has 16 nitrogen and oxygen atoms in total. The van der Waals surface area contributed by atoms with Gasteiger partial charge in [0, 0.05) is 22.3 Å². The van der Waals surface area contributed by atoms with Crippen LogP contribution in [0.4, 0.5) is 0 Å². The molecule has 380 valence electrons. The molecule has 0 unspecified atom stereocenters. The Morgan fingerprint density at radius 3 is 0.600 bits per heavy atom. The first kappa shape index (κ1) is 50.5. The largest absolute Gasteiger partial charge is 0.491 e. The zero-order valence-electron chi connectivity index (χ0n) is 40.9. The van der Waals surface area contributed by atoms with Crippen molar-refractivity contribution in [3.8, 4) is 23.0 Å². The third-order valence-corrected chi connectivity index (χ3v) is 13.5. The van der Waals surface area contributed by atoms with Crippen molar-refractivity contribution in [2.45, 2.75) is 50.8 Å². The van der Waals surface area contributed by atoms with E-state index in [4.69, 9.17) is 75.8 Å². The minimum atomic E-state index is -0.917. The summed E-state index contributed by atoms with van der Waals surface area (Å²) in [6, 6.07) is 31.0. The molecule has 14 bridgehead atoms. The summed E-state index contributed by atoms with van der Waals surface area (Å²) in [7, 11) is 0. The second-order valence-electron chi connectivity index (χ2n) is 19.0. The highest BCUT2D eigenvalue weighted by Crippen LogP contribution is 2.45. The summed E-state index contributed by atoms with van der Waals surface area (Å²) < 4.78 is 97.7. The van der Waals surface area contributed by atoms with E-state index in [1.807, 2.05) is 125 Å². The number of benzene rings is 4. The van der Waals surface area contributed by atoms with Crippen LogP contribution in [0.5, 0.6) is 23.0 Å². The zero-order valence-corrected chi connectivity index (χ0v) is 40.9. The molecular weight excluding hydrogens is 905 g/mol. The Balaban J connectivity index is 0.749. The lowest BCUT2D eigenvalue weighted by atomic mass is 9.88. The summed E-state index contributed by atoms with van der Waals surface area (Å²) in [4.78, 5) is 0. The summed E-state index contributed by atoms with van der Waals surface area (Å²) in [5, 5.41) is 0. The Kier molecular flexibility index (Phi) is 16.3. The van der Waals surface area contributed by atoms with Crippen molar-refractivity contribution >= 4 is 0 Å². The highest BCUT2D eigenvalue weighted by atomic mass is 16.7. The maximum Gasteiger partial charge on any atom is 0.191 e. The fraction of sp³-hybridized carbons (Fsp3) is 0.556. The van der Waals surface area contributed by atoms with Gasteiger partial charge in [0.05, 0.1) is 117 Å². The summed E-state index contributed by atoms with van der Waals surface area (Å²) in [6.07, 6.45) is 0. The molecule has 17 heterocycles. The molecule has 0 aliphatic carbocycles. The molecule has 0 amide bonds. The van der Waals surface area contributed by atoms with E-state index in [1.165, 1.54) is 0 Å². The van der Waals surface area contributed by atoms with Gasteiger partial charge in [-0.1, -0.05) is 0 Å². The van der Waals surface area contributed by atoms with Crippen LogP contribution in [0.3, 0.4) is 0 Å². The fourth-order valence-corrected chi connectivity index (χ4v) is 8.59. The van der Waals surface area contributed by atoms with Gasteiger partial charge in [-0.3, -0.25) is 0 Å². The van der Waals surface area contributed by atoms with Gasteiger partial charge in [-0.2, -0.15) is 0 Å². The van der Waals surface area contributed by atoms with Gasteiger partial charge >= 0.3 is 0 Å². The molecule has 17 aliphatic rings. The molecule has 0 saturated carbocycles. The van der Waals surface area contributed by atoms with E-state index in [-0.39, 0.29) is 0 Å². The van der Waals surface area contributed by atoms with Crippen molar-refractivity contribution in [1.29, 1.82) is 0 Å². The standard InChI is InChI=1S/C54H68O16/c1-49-41-5-13-45(14-6-41)59-29-25-55-21-22-56-26-31-61-47-17-9-43(10-18-47)51(3)67-37-54(38-68-51)39-69-52(4,70-40-54)44-11-19-48(20-12-44)62-32-28-58-24-23-57-27-30-60-46-15-7-42(8-16-46)50(2)65-35-53(33-63-49,34-64-49)36-66-50/h5-20H,21-40H2,1-4H3. The maximum absolute atomic E-state index is 6.39. The molecule has 0 N–H and O–H groups in total. The molecule has 16 heteroatoms. The quantitative estimate of drug-likeness (QED) is 0.174. The van der Waals surface area contributed by atoms with Crippen molar-refractivity contribution in [3.05, 3.63) is 119 Å². The van der Waals surface area contributed by atoms with Gasteiger partial charge in [0.1, 0.15) is 49.4 Å². The number of hydrogen-bond donors (Lipinski definition) is 0. The molecule has 4 aromatic rings. The van der Waals surface area contributed by atoms with Crippen LogP contribution in [0.25, 0.3) is 0 Å². The Hall–Kier alpha value is -4.40. The summed E-state index contributed by atoms with van der Waals surface area (Å²) in [5.41, 5.74) is 2.71. The van der Waals surface area contributed by atoms with E-state index < -0.39 is 34.0 Å². The van der Waals surface area contributed by atoms with Gasteiger partial charge in [-0.25, -0.2) is 0 Å². The van der Waals surface area contributed by atoms with E-state index in [2.05, 4.69) is 0 Å². The van der Waals surface area contributed by atoms with E-state index >= 15 is 0 Å². The molecule has 0 radical (unpaired) electrons. The monoisotopic (exact) mass is 972 g/mol. The third kappa shape index (κ3) is 12.4. The van der Waals surface area contributed by atoms with Crippen LogP contribution in [0, 0.1) is 10.8 Å². The fourth-order valence-electron chi connectivity index (χ4n) is 8.59. The van der Waals surface area contributed by atoms with Crippen molar-refractivity contribution in [1.82, 2.24) is 0 Å². The van der Waals surface area contributed by atoms with Crippen LogP contribution in [0.2, 0.25) is 0 Å². The van der Waals surface area contributed by atoms with Gasteiger partial charge in [-0.15, -0.1) is 0 Å². The number of ether oxygens (including phenoxy) is 16. The Bertz CT molecular complexity index is 1880. The molecule has 2 spiro atoms. The molecule has 4 fully saturated rings. The second kappa shape index (κ2) is 22.6. The molecule has 0 atom stereocenters. The van der Waals surface area contributed by atoms with Gasteiger partial charge in [0.25, 0.3) is 0 Å². The van der Waals surface area contributed by atoms with Crippen LogP contribution in [0.15, 0.2) is 97.1 Å². The van der Waals surface area contributed by atoms with E-state index in [0.717, 1.165) is 45.3 Å². The topological polar surface area (TPSA) is 148 Å². The first-order valence-electron chi connectivity index (χ1n) is 24.3. The summed E-state index contributed by atoms with van der Waals surface area (Å²) in [6.45, 7) is 16.2. The highest BCUT2D eigenvalue weighted by molar-refractivity contribution is 5.33. The average Bonchev–Trinajstić information content (AvgIpc) is 3.39. The Morgan fingerprint density at radius 2 is 0.414 bits per heavy atom. The van der Waals surface area contributed by atoms with Gasteiger partial charge in [0.15, 0.2) is 23.1 Å². The molecule has 21 rings (SSSR count). The normalized spacial score (nSPS) is 32.4. The van der Waals surface area contributed by atoms with Crippen molar-refractivity contribution in [2.75, 3.05) is 132 Å². The maximum atomic E-state index is 6.39. The lowest BCUT2D eigenvalue weighted by Crippen LogP contribution is -2.56. The lowest BCUT2D eigenvalue weighted by Gasteiger charge is -2.49. The Labute approximate surface area is 410 Å². The van der Waals surface area contributed by atoms with Gasteiger partial charge < -0.3 is 75.8 Å². The average molecular weight is 973 g/mol. The number of rotatable bonds is 0. The van der Waals surface area contributed by atoms with Crippen LogP contribution in [0.1, 0.15) is 49.9 Å². The van der Waals surface area contributed by atoms with Gasteiger partial charge in [-0.05, 0) is 125 Å². The molecule has 70 heavy (non-hydrogen) atoms. The van der Waals surface area contributed by atoms with Crippen LogP contribution >= 0.6 is 0 Å². The first-order chi connectivity index (χ1) is 34.0. The van der Waals surface area contributed by atoms with Crippen molar-refractivity contribution in [2.24, 2.45) is 10.8 Å².